The Hall–Kier alpha value is -2.40. The standard InChI is InChI=1S/C20H17ClN4OS2/c21-18-7-6-17(28-18)19-23-16(13-27-19)20(26)25-9-1-8-24(10-11-25)15-4-2-14(12-22)3-5-15/h2-7,13H,1,8-11H2. The Morgan fingerprint density at radius 3 is 2.64 bits per heavy atom. The molecule has 1 aliphatic rings. The van der Waals surface area contributed by atoms with Gasteiger partial charge in [0, 0.05) is 37.2 Å². The Kier molecular flexibility index (Phi) is 5.62. The lowest BCUT2D eigenvalue weighted by Crippen LogP contribution is -2.35. The highest BCUT2D eigenvalue weighted by atomic mass is 35.5. The number of thiazole rings is 1. The zero-order chi connectivity index (χ0) is 19.5. The van der Waals surface area contributed by atoms with Crippen molar-refractivity contribution in [2.24, 2.45) is 0 Å². The fourth-order valence-corrected chi connectivity index (χ4v) is 5.11. The minimum absolute atomic E-state index is 0.0215. The number of halogens is 1. The van der Waals surface area contributed by atoms with Crippen molar-refractivity contribution in [2.45, 2.75) is 6.42 Å². The molecule has 0 spiro atoms. The average Bonchev–Trinajstić information content (AvgIpc) is 3.30. The van der Waals surface area contributed by atoms with Crippen molar-refractivity contribution in [3.63, 3.8) is 0 Å². The minimum atomic E-state index is -0.0215. The summed E-state index contributed by atoms with van der Waals surface area (Å²) < 4.78 is 0.716. The number of benzene rings is 1. The molecule has 0 N–H and O–H groups in total. The first kappa shape index (κ1) is 18.9. The van der Waals surface area contributed by atoms with Crippen molar-refractivity contribution < 1.29 is 4.79 Å². The largest absolute Gasteiger partial charge is 0.370 e. The lowest BCUT2D eigenvalue weighted by atomic mass is 10.2. The summed E-state index contributed by atoms with van der Waals surface area (Å²) in [6.45, 7) is 3.00. The van der Waals surface area contributed by atoms with Gasteiger partial charge in [0.2, 0.25) is 0 Å². The van der Waals surface area contributed by atoms with E-state index >= 15 is 0 Å². The van der Waals surface area contributed by atoms with E-state index in [1.165, 1.54) is 22.7 Å². The van der Waals surface area contributed by atoms with Gasteiger partial charge in [0.25, 0.3) is 5.91 Å². The molecule has 5 nitrogen and oxygen atoms in total. The highest BCUT2D eigenvalue weighted by Gasteiger charge is 2.23. The van der Waals surface area contributed by atoms with Crippen LogP contribution >= 0.6 is 34.3 Å². The maximum absolute atomic E-state index is 12.9. The Bertz CT molecular complexity index is 1020. The summed E-state index contributed by atoms with van der Waals surface area (Å²) in [5, 5.41) is 11.6. The van der Waals surface area contributed by atoms with Crippen LogP contribution < -0.4 is 4.90 Å². The molecule has 0 bridgehead atoms. The summed E-state index contributed by atoms with van der Waals surface area (Å²) in [5.41, 5.74) is 2.23. The van der Waals surface area contributed by atoms with Crippen LogP contribution in [0.15, 0.2) is 41.8 Å². The Morgan fingerprint density at radius 1 is 1.11 bits per heavy atom. The van der Waals surface area contributed by atoms with E-state index in [0.717, 1.165) is 35.1 Å². The van der Waals surface area contributed by atoms with Crippen molar-refractivity contribution in [1.29, 1.82) is 5.26 Å². The summed E-state index contributed by atoms with van der Waals surface area (Å²) in [5.74, 6) is -0.0215. The molecule has 1 fully saturated rings. The van der Waals surface area contributed by atoms with E-state index in [1.54, 1.807) is 0 Å². The number of nitriles is 1. The van der Waals surface area contributed by atoms with Gasteiger partial charge >= 0.3 is 0 Å². The van der Waals surface area contributed by atoms with Gasteiger partial charge in [0.1, 0.15) is 10.7 Å². The third-order valence-corrected chi connectivity index (χ3v) is 6.89. The molecule has 3 aromatic rings. The van der Waals surface area contributed by atoms with Crippen LogP contribution in [0.2, 0.25) is 4.34 Å². The number of hydrogen-bond acceptors (Lipinski definition) is 6. The molecule has 1 saturated heterocycles. The molecule has 1 amide bonds. The van der Waals surface area contributed by atoms with Crippen molar-refractivity contribution in [3.8, 4) is 16.0 Å². The van der Waals surface area contributed by atoms with E-state index in [1.807, 2.05) is 46.7 Å². The SMILES string of the molecule is N#Cc1ccc(N2CCCN(C(=O)c3csc(-c4ccc(Cl)s4)n3)CC2)cc1. The van der Waals surface area contributed by atoms with Crippen LogP contribution in [0.4, 0.5) is 5.69 Å². The summed E-state index contributed by atoms with van der Waals surface area (Å²) in [6, 6.07) is 13.5. The second-order valence-corrected chi connectivity index (χ2v) is 9.01. The number of carbonyl (C=O) groups is 1. The smallest absolute Gasteiger partial charge is 0.273 e. The number of carbonyl (C=O) groups excluding carboxylic acids is 1. The molecule has 8 heteroatoms. The van der Waals surface area contributed by atoms with Crippen LogP contribution in [0.25, 0.3) is 9.88 Å². The maximum atomic E-state index is 12.9. The van der Waals surface area contributed by atoms with Crippen molar-refractivity contribution in [3.05, 3.63) is 57.4 Å². The molecule has 3 heterocycles. The fourth-order valence-electron chi connectivity index (χ4n) is 3.20. The van der Waals surface area contributed by atoms with Gasteiger partial charge in [-0.05, 0) is 42.8 Å². The maximum Gasteiger partial charge on any atom is 0.273 e. The predicted octanol–water partition coefficient (Wildman–Crippen LogP) is 4.75. The zero-order valence-electron chi connectivity index (χ0n) is 15.0. The molecule has 1 aromatic carbocycles. The number of rotatable bonds is 3. The molecule has 0 atom stereocenters. The molecule has 0 unspecified atom stereocenters. The fraction of sp³-hybridized carbons (Fsp3) is 0.250. The van der Waals surface area contributed by atoms with Crippen LogP contribution in [0, 0.1) is 11.3 Å². The summed E-state index contributed by atoms with van der Waals surface area (Å²) >= 11 is 8.94. The first-order valence-electron chi connectivity index (χ1n) is 8.89. The van der Waals surface area contributed by atoms with Gasteiger partial charge in [0.05, 0.1) is 20.8 Å². The summed E-state index contributed by atoms with van der Waals surface area (Å²) in [4.78, 5) is 22.6. The molecular weight excluding hydrogens is 412 g/mol. The van der Waals surface area contributed by atoms with Crippen molar-refractivity contribution >= 4 is 45.9 Å². The predicted molar refractivity (Wildman–Crippen MR) is 114 cm³/mol. The van der Waals surface area contributed by atoms with E-state index in [2.05, 4.69) is 16.0 Å². The topological polar surface area (TPSA) is 60.2 Å². The molecule has 0 saturated carbocycles. The zero-order valence-corrected chi connectivity index (χ0v) is 17.4. The van der Waals surface area contributed by atoms with Crippen molar-refractivity contribution in [1.82, 2.24) is 9.88 Å². The van der Waals surface area contributed by atoms with E-state index in [4.69, 9.17) is 16.9 Å². The third kappa shape index (κ3) is 4.04. The Labute approximate surface area is 176 Å². The van der Waals surface area contributed by atoms with E-state index in [0.29, 0.717) is 28.7 Å². The van der Waals surface area contributed by atoms with Gasteiger partial charge in [-0.2, -0.15) is 5.26 Å². The lowest BCUT2D eigenvalue weighted by Gasteiger charge is -2.23. The number of anilines is 1. The highest BCUT2D eigenvalue weighted by Crippen LogP contribution is 2.33. The second-order valence-electron chi connectivity index (χ2n) is 6.43. The Balaban J connectivity index is 1.43. The highest BCUT2D eigenvalue weighted by molar-refractivity contribution is 7.23. The van der Waals surface area contributed by atoms with Crippen molar-refractivity contribution in [2.75, 3.05) is 31.1 Å². The molecule has 142 valence electrons. The normalized spacial score (nSPS) is 14.6. The van der Waals surface area contributed by atoms with Gasteiger partial charge < -0.3 is 9.80 Å². The molecule has 0 radical (unpaired) electrons. The van der Waals surface area contributed by atoms with Crippen LogP contribution in [-0.4, -0.2) is 42.0 Å². The first-order valence-corrected chi connectivity index (χ1v) is 11.0. The Morgan fingerprint density at radius 2 is 1.93 bits per heavy atom. The minimum Gasteiger partial charge on any atom is -0.370 e. The molecular formula is C20H17ClN4OS2. The van der Waals surface area contributed by atoms with Gasteiger partial charge in [-0.1, -0.05) is 11.6 Å². The average molecular weight is 429 g/mol. The number of aromatic nitrogens is 1. The number of nitrogens with zero attached hydrogens (tertiary/aromatic N) is 4. The summed E-state index contributed by atoms with van der Waals surface area (Å²) in [6.07, 6.45) is 0.892. The van der Waals surface area contributed by atoms with Gasteiger partial charge in [-0.15, -0.1) is 22.7 Å². The third-order valence-electron chi connectivity index (χ3n) is 4.65. The number of thiophene rings is 1. The molecule has 4 rings (SSSR count). The molecule has 0 aliphatic carbocycles. The van der Waals surface area contributed by atoms with E-state index in [9.17, 15) is 4.79 Å². The van der Waals surface area contributed by atoms with Gasteiger partial charge in [-0.25, -0.2) is 4.98 Å². The number of hydrogen-bond donors (Lipinski definition) is 0. The van der Waals surface area contributed by atoms with E-state index < -0.39 is 0 Å². The monoisotopic (exact) mass is 428 g/mol. The molecule has 2 aromatic heterocycles. The van der Waals surface area contributed by atoms with Crippen LogP contribution in [-0.2, 0) is 0 Å². The van der Waals surface area contributed by atoms with Crippen LogP contribution in [0.5, 0.6) is 0 Å². The first-order chi connectivity index (χ1) is 13.6. The molecule has 28 heavy (non-hydrogen) atoms. The summed E-state index contributed by atoms with van der Waals surface area (Å²) in [7, 11) is 0. The quantitative estimate of drug-likeness (QED) is 0.604. The van der Waals surface area contributed by atoms with Gasteiger partial charge in [-0.3, -0.25) is 4.79 Å². The van der Waals surface area contributed by atoms with Gasteiger partial charge in [0.15, 0.2) is 0 Å². The molecule has 1 aliphatic heterocycles. The lowest BCUT2D eigenvalue weighted by molar-refractivity contribution is 0.0762. The van der Waals surface area contributed by atoms with Crippen LogP contribution in [0.3, 0.4) is 0 Å². The number of amides is 1. The second kappa shape index (κ2) is 8.31. The van der Waals surface area contributed by atoms with E-state index in [-0.39, 0.29) is 5.91 Å². The van der Waals surface area contributed by atoms with Crippen LogP contribution in [0.1, 0.15) is 22.5 Å².